The lowest BCUT2D eigenvalue weighted by Gasteiger charge is -2.29. The Hall–Kier alpha value is -1.80. The Morgan fingerprint density at radius 2 is 1.02 bits per heavy atom. The summed E-state index contributed by atoms with van der Waals surface area (Å²) in [6, 6.07) is -0.888. The van der Waals surface area contributed by atoms with Crippen LogP contribution in [0.4, 0.5) is 0 Å². The van der Waals surface area contributed by atoms with E-state index < -0.39 is 20.0 Å². The highest BCUT2D eigenvalue weighted by Crippen LogP contribution is 2.38. The van der Waals surface area contributed by atoms with Crippen molar-refractivity contribution in [3.05, 3.63) is 60.8 Å². The number of unbranched alkanes of at least 4 members (excludes halogenated alkanes) is 23. The second-order valence-electron chi connectivity index (χ2n) is 17.8. The van der Waals surface area contributed by atoms with E-state index >= 15 is 0 Å². The molecule has 0 fully saturated rings. The number of carbonyl (C=O) groups excluding carboxylic acids is 1. The fourth-order valence-corrected chi connectivity index (χ4v) is 7.57. The Labute approximate surface area is 371 Å². The summed E-state index contributed by atoms with van der Waals surface area (Å²) in [5, 5.41) is 13.8. The maximum atomic E-state index is 12.9. The van der Waals surface area contributed by atoms with Crippen molar-refractivity contribution in [1.29, 1.82) is 0 Å². The number of carbonyl (C=O) groups is 1. The van der Waals surface area contributed by atoms with Gasteiger partial charge in [0.2, 0.25) is 5.91 Å². The van der Waals surface area contributed by atoms with Gasteiger partial charge in [0.25, 0.3) is 7.82 Å². The second kappa shape index (κ2) is 42.5. The zero-order chi connectivity index (χ0) is 44.3. The number of aliphatic hydroxyl groups excluding tert-OH is 1. The predicted molar refractivity (Wildman–Crippen MR) is 256 cm³/mol. The quantitative estimate of drug-likeness (QED) is 0.0273. The van der Waals surface area contributed by atoms with Crippen LogP contribution in [0.3, 0.4) is 0 Å². The third kappa shape index (κ3) is 44.3. The number of nitrogens with one attached hydrogen (secondary N) is 1. The van der Waals surface area contributed by atoms with Crippen LogP contribution in [0.2, 0.25) is 0 Å². The van der Waals surface area contributed by atoms with E-state index in [9.17, 15) is 19.4 Å². The van der Waals surface area contributed by atoms with Crippen molar-refractivity contribution in [2.75, 3.05) is 40.9 Å². The Bertz CT molecular complexity index is 1160. The zero-order valence-electron chi connectivity index (χ0n) is 39.6. The van der Waals surface area contributed by atoms with Crippen molar-refractivity contribution in [3.8, 4) is 0 Å². The Kier molecular flexibility index (Phi) is 41.2. The maximum Gasteiger partial charge on any atom is 0.268 e. The summed E-state index contributed by atoms with van der Waals surface area (Å²) >= 11 is 0. The van der Waals surface area contributed by atoms with Gasteiger partial charge in [0.15, 0.2) is 0 Å². The molecule has 0 aliphatic rings. The number of amides is 1. The highest BCUT2D eigenvalue weighted by Gasteiger charge is 2.23. The molecule has 0 aromatic rings. The molecular formula is C51H95N2O6P. The molecule has 0 spiro atoms. The predicted octanol–water partition coefficient (Wildman–Crippen LogP) is 13.6. The molecule has 0 saturated heterocycles. The molecule has 9 heteroatoms. The van der Waals surface area contributed by atoms with Crippen LogP contribution in [0.15, 0.2) is 60.8 Å². The van der Waals surface area contributed by atoms with Crippen molar-refractivity contribution < 1.29 is 32.9 Å². The monoisotopic (exact) mass is 863 g/mol. The molecule has 3 atom stereocenters. The van der Waals surface area contributed by atoms with E-state index in [1.807, 2.05) is 27.2 Å². The van der Waals surface area contributed by atoms with Crippen LogP contribution in [0, 0.1) is 0 Å². The lowest BCUT2D eigenvalue weighted by molar-refractivity contribution is -0.870. The van der Waals surface area contributed by atoms with E-state index in [2.05, 4.69) is 67.8 Å². The second-order valence-corrected chi connectivity index (χ2v) is 19.2. The number of nitrogens with zero attached hydrogens (tertiary/aromatic N) is 1. The number of quaternary nitrogens is 1. The molecule has 0 saturated carbocycles. The van der Waals surface area contributed by atoms with Crippen molar-refractivity contribution in [1.82, 2.24) is 5.32 Å². The highest BCUT2D eigenvalue weighted by atomic mass is 31.2. The molecule has 0 aromatic carbocycles. The molecule has 0 aliphatic carbocycles. The summed E-state index contributed by atoms with van der Waals surface area (Å²) in [6.07, 6.45) is 55.6. The van der Waals surface area contributed by atoms with Gasteiger partial charge in [0, 0.05) is 6.42 Å². The Balaban J connectivity index is 4.25. The average molecular weight is 863 g/mol. The highest BCUT2D eigenvalue weighted by molar-refractivity contribution is 7.45. The smallest absolute Gasteiger partial charge is 0.268 e. The molecular weight excluding hydrogens is 768 g/mol. The van der Waals surface area contributed by atoms with Gasteiger partial charge in [-0.25, -0.2) is 0 Å². The summed E-state index contributed by atoms with van der Waals surface area (Å²) in [5.41, 5.74) is 0. The van der Waals surface area contributed by atoms with Crippen LogP contribution < -0.4 is 10.2 Å². The first-order chi connectivity index (χ1) is 29.0. The third-order valence-corrected chi connectivity index (χ3v) is 11.7. The first kappa shape index (κ1) is 58.2. The number of rotatable bonds is 44. The third-order valence-electron chi connectivity index (χ3n) is 10.7. The molecule has 2 N–H and O–H groups in total. The molecule has 8 nitrogen and oxygen atoms in total. The first-order valence-corrected chi connectivity index (χ1v) is 26.1. The largest absolute Gasteiger partial charge is 0.756 e. The topological polar surface area (TPSA) is 108 Å². The SMILES string of the molecule is CC/C=C\C/C=C\C/C=C\C/C=C\CCCCCCCCCCCCCCC(=O)NC(COP(=O)([O-])OCC[N+](C)(C)C)C(O)/C=C/CCCCCCCCCCCCC. The number of likely N-dealkylation sites (N-methyl/N-ethyl adjacent to an activating group) is 1. The molecule has 0 radical (unpaired) electrons. The number of aliphatic hydroxyl groups is 1. The van der Waals surface area contributed by atoms with Gasteiger partial charge in [-0.1, -0.05) is 203 Å². The molecule has 0 bridgehead atoms. The number of hydrogen-bond acceptors (Lipinski definition) is 6. The molecule has 0 aromatic heterocycles. The molecule has 1 amide bonds. The van der Waals surface area contributed by atoms with Crippen LogP contribution in [0.1, 0.15) is 206 Å². The van der Waals surface area contributed by atoms with Gasteiger partial charge in [0.1, 0.15) is 13.2 Å². The van der Waals surface area contributed by atoms with Crippen LogP contribution in [-0.4, -0.2) is 68.5 Å². The van der Waals surface area contributed by atoms with Gasteiger partial charge in [-0.3, -0.25) is 9.36 Å². The average Bonchev–Trinajstić information content (AvgIpc) is 3.20. The summed E-state index contributed by atoms with van der Waals surface area (Å²) in [4.78, 5) is 25.4. The summed E-state index contributed by atoms with van der Waals surface area (Å²) in [5.74, 6) is -0.202. The minimum atomic E-state index is -4.59. The van der Waals surface area contributed by atoms with Crippen LogP contribution >= 0.6 is 7.82 Å². The van der Waals surface area contributed by atoms with Gasteiger partial charge in [0.05, 0.1) is 39.9 Å². The molecule has 0 aliphatic heterocycles. The normalized spacial score (nSPS) is 14.7. The van der Waals surface area contributed by atoms with E-state index in [-0.39, 0.29) is 19.1 Å². The zero-order valence-corrected chi connectivity index (χ0v) is 40.5. The number of phosphoric acid groups is 1. The van der Waals surface area contributed by atoms with Crippen molar-refractivity contribution >= 4 is 13.7 Å². The summed E-state index contributed by atoms with van der Waals surface area (Å²) < 4.78 is 23.2. The fourth-order valence-electron chi connectivity index (χ4n) is 6.85. The van der Waals surface area contributed by atoms with Crippen molar-refractivity contribution in [2.45, 2.75) is 219 Å². The number of phosphoric ester groups is 1. The fraction of sp³-hybridized carbons (Fsp3) is 0.784. The van der Waals surface area contributed by atoms with Crippen molar-refractivity contribution in [3.63, 3.8) is 0 Å². The molecule has 0 heterocycles. The van der Waals surface area contributed by atoms with Gasteiger partial charge >= 0.3 is 0 Å². The minimum absolute atomic E-state index is 0.00305. The Morgan fingerprint density at radius 1 is 0.600 bits per heavy atom. The van der Waals surface area contributed by atoms with Gasteiger partial charge in [-0.05, 0) is 57.8 Å². The minimum Gasteiger partial charge on any atom is -0.756 e. The summed E-state index contributed by atoms with van der Waals surface area (Å²) in [6.45, 7) is 4.52. The van der Waals surface area contributed by atoms with E-state index in [1.165, 1.54) is 122 Å². The van der Waals surface area contributed by atoms with E-state index in [1.54, 1.807) is 6.08 Å². The standard InChI is InChI=1S/C51H95N2O6P/c1-6-8-10-12-14-16-18-20-21-22-23-24-25-26-27-28-29-30-31-33-35-37-39-41-43-45-51(55)52-49(48-59-60(56,57)58-47-46-53(3,4)5)50(54)44-42-40-38-36-34-32-19-17-15-13-11-9-7-2/h8,10,14,16,20-21,23-24,42,44,49-50,54H,6-7,9,11-13,15,17-19,22,25-41,43,45-48H2,1-5H3,(H-,52,55,56,57)/b10-8-,16-14-,21-20-,24-23-,44-42+. The first-order valence-electron chi connectivity index (χ1n) is 24.7. The molecule has 350 valence electrons. The van der Waals surface area contributed by atoms with Crippen LogP contribution in [0.5, 0.6) is 0 Å². The van der Waals surface area contributed by atoms with Crippen LogP contribution in [0.25, 0.3) is 0 Å². The van der Waals surface area contributed by atoms with E-state index in [0.717, 1.165) is 64.2 Å². The maximum absolute atomic E-state index is 12.9. The lowest BCUT2D eigenvalue weighted by atomic mass is 10.0. The van der Waals surface area contributed by atoms with Gasteiger partial charge in [-0.15, -0.1) is 0 Å². The number of hydrogen-bond donors (Lipinski definition) is 2. The van der Waals surface area contributed by atoms with Gasteiger partial charge in [-0.2, -0.15) is 0 Å². The number of allylic oxidation sites excluding steroid dienone is 9. The molecule has 60 heavy (non-hydrogen) atoms. The van der Waals surface area contributed by atoms with Crippen LogP contribution in [-0.2, 0) is 18.4 Å². The summed E-state index contributed by atoms with van der Waals surface area (Å²) in [7, 11) is 1.25. The van der Waals surface area contributed by atoms with E-state index in [0.29, 0.717) is 17.4 Å². The van der Waals surface area contributed by atoms with Crippen molar-refractivity contribution in [2.24, 2.45) is 0 Å². The van der Waals surface area contributed by atoms with E-state index in [4.69, 9.17) is 9.05 Å². The molecule has 0 rings (SSSR count). The lowest BCUT2D eigenvalue weighted by Crippen LogP contribution is -2.45. The molecule has 3 unspecified atom stereocenters. The Morgan fingerprint density at radius 3 is 1.48 bits per heavy atom. The van der Waals surface area contributed by atoms with Gasteiger partial charge < -0.3 is 28.8 Å².